The number of carbonyl (C=O) groups excluding carboxylic acids is 1. The Morgan fingerprint density at radius 2 is 2.22 bits per heavy atom. The second-order valence-electron chi connectivity index (χ2n) is 4.81. The molecule has 118 valence electrons. The van der Waals surface area contributed by atoms with E-state index in [4.69, 9.17) is 4.74 Å². The number of carbonyl (C=O) groups is 1. The lowest BCUT2D eigenvalue weighted by Crippen LogP contribution is -2.11. The van der Waals surface area contributed by atoms with Crippen molar-refractivity contribution in [3.8, 4) is 5.88 Å². The second-order valence-corrected chi connectivity index (χ2v) is 5.81. The molecule has 0 radical (unpaired) electrons. The van der Waals surface area contributed by atoms with Crippen LogP contribution in [0.4, 0.5) is 10.1 Å². The molecule has 0 saturated heterocycles. The number of halogens is 1. The maximum absolute atomic E-state index is 13.2. The van der Waals surface area contributed by atoms with Crippen molar-refractivity contribution in [2.45, 2.75) is 13.8 Å². The molecule has 0 aliphatic carbocycles. The highest BCUT2D eigenvalue weighted by molar-refractivity contribution is 7.20. The van der Waals surface area contributed by atoms with Crippen molar-refractivity contribution >= 4 is 33.1 Å². The van der Waals surface area contributed by atoms with Crippen molar-refractivity contribution in [1.82, 2.24) is 9.97 Å². The van der Waals surface area contributed by atoms with Crippen LogP contribution in [-0.2, 0) is 0 Å². The Bertz CT molecular complexity index is 879. The first-order valence-electron chi connectivity index (χ1n) is 7.04. The topological polar surface area (TPSA) is 64.1 Å². The summed E-state index contributed by atoms with van der Waals surface area (Å²) in [6.07, 6.45) is 1.41. The van der Waals surface area contributed by atoms with Gasteiger partial charge in [0.1, 0.15) is 17.0 Å². The molecule has 1 aromatic carbocycles. The maximum Gasteiger partial charge on any atom is 0.266 e. The number of aromatic nitrogens is 2. The minimum atomic E-state index is -0.402. The van der Waals surface area contributed by atoms with Gasteiger partial charge in [0.2, 0.25) is 5.88 Å². The van der Waals surface area contributed by atoms with Gasteiger partial charge in [-0.3, -0.25) is 4.79 Å². The Kier molecular flexibility index (Phi) is 4.20. The molecule has 1 N–H and O–H groups in total. The molecule has 7 heteroatoms. The SMILES string of the molecule is CCOc1ncnc2sc(C(=O)Nc3cccc(F)c3)c(C)c12. The van der Waals surface area contributed by atoms with Gasteiger partial charge in [-0.15, -0.1) is 11.3 Å². The molecule has 0 aliphatic heterocycles. The van der Waals surface area contributed by atoms with E-state index in [0.29, 0.717) is 27.9 Å². The largest absolute Gasteiger partial charge is 0.477 e. The van der Waals surface area contributed by atoms with E-state index in [-0.39, 0.29) is 5.91 Å². The van der Waals surface area contributed by atoms with E-state index in [9.17, 15) is 9.18 Å². The minimum absolute atomic E-state index is 0.307. The average Bonchev–Trinajstić information content (AvgIpc) is 2.86. The van der Waals surface area contributed by atoms with Crippen molar-refractivity contribution in [2.24, 2.45) is 0 Å². The number of hydrogen-bond donors (Lipinski definition) is 1. The van der Waals surface area contributed by atoms with Crippen LogP contribution < -0.4 is 10.1 Å². The second kappa shape index (κ2) is 6.29. The molecule has 5 nitrogen and oxygen atoms in total. The van der Waals surface area contributed by atoms with Gasteiger partial charge in [-0.05, 0) is 37.6 Å². The van der Waals surface area contributed by atoms with E-state index in [2.05, 4.69) is 15.3 Å². The van der Waals surface area contributed by atoms with Crippen LogP contribution in [-0.4, -0.2) is 22.5 Å². The third-order valence-electron chi connectivity index (χ3n) is 3.26. The molecule has 0 fully saturated rings. The number of hydrogen-bond acceptors (Lipinski definition) is 5. The molecular formula is C16H14FN3O2S. The lowest BCUT2D eigenvalue weighted by molar-refractivity contribution is 0.103. The third kappa shape index (κ3) is 3.00. The van der Waals surface area contributed by atoms with Crippen LogP contribution in [0.15, 0.2) is 30.6 Å². The average molecular weight is 331 g/mol. The Morgan fingerprint density at radius 3 is 2.96 bits per heavy atom. The zero-order valence-corrected chi connectivity index (χ0v) is 13.4. The number of ether oxygens (including phenoxy) is 1. The summed E-state index contributed by atoms with van der Waals surface area (Å²) in [5.74, 6) is -0.241. The number of amides is 1. The van der Waals surface area contributed by atoms with Crippen molar-refractivity contribution in [3.63, 3.8) is 0 Å². The van der Waals surface area contributed by atoms with Crippen LogP contribution in [0, 0.1) is 12.7 Å². The fraction of sp³-hybridized carbons (Fsp3) is 0.188. The standard InChI is InChI=1S/C16H14FN3O2S/c1-3-22-15-12-9(2)13(23-16(12)19-8-18-15)14(21)20-11-6-4-5-10(17)7-11/h4-8H,3H2,1-2H3,(H,20,21). The Labute approximate surface area is 136 Å². The third-order valence-corrected chi connectivity index (χ3v) is 4.46. The number of benzene rings is 1. The van der Waals surface area contributed by atoms with Gasteiger partial charge < -0.3 is 10.1 Å². The number of fused-ring (bicyclic) bond motifs is 1. The minimum Gasteiger partial charge on any atom is -0.477 e. The molecule has 1 amide bonds. The molecule has 0 spiro atoms. The number of thiophene rings is 1. The number of nitrogens with one attached hydrogen (secondary N) is 1. The lowest BCUT2D eigenvalue weighted by atomic mass is 10.2. The van der Waals surface area contributed by atoms with Gasteiger partial charge in [0.25, 0.3) is 5.91 Å². The van der Waals surface area contributed by atoms with E-state index >= 15 is 0 Å². The monoisotopic (exact) mass is 331 g/mol. The normalized spacial score (nSPS) is 10.7. The van der Waals surface area contributed by atoms with Crippen molar-refractivity contribution in [3.05, 3.63) is 46.9 Å². The van der Waals surface area contributed by atoms with Gasteiger partial charge >= 0.3 is 0 Å². The number of rotatable bonds is 4. The number of anilines is 1. The van der Waals surface area contributed by atoms with Crippen molar-refractivity contribution < 1.29 is 13.9 Å². The zero-order valence-electron chi connectivity index (χ0n) is 12.6. The van der Waals surface area contributed by atoms with Crippen LogP contribution >= 0.6 is 11.3 Å². The molecule has 0 unspecified atom stereocenters. The van der Waals surface area contributed by atoms with E-state index in [1.165, 1.54) is 29.8 Å². The highest BCUT2D eigenvalue weighted by Crippen LogP contribution is 2.34. The first kappa shape index (κ1) is 15.4. The molecule has 23 heavy (non-hydrogen) atoms. The smallest absolute Gasteiger partial charge is 0.266 e. The van der Waals surface area contributed by atoms with E-state index in [1.54, 1.807) is 12.1 Å². The molecule has 0 saturated carbocycles. The van der Waals surface area contributed by atoms with Crippen LogP contribution in [0.1, 0.15) is 22.2 Å². The molecular weight excluding hydrogens is 317 g/mol. The summed E-state index contributed by atoms with van der Waals surface area (Å²) in [5.41, 5.74) is 1.16. The van der Waals surface area contributed by atoms with Gasteiger partial charge in [-0.2, -0.15) is 0 Å². The van der Waals surface area contributed by atoms with Gasteiger partial charge in [0.15, 0.2) is 0 Å². The molecule has 0 atom stereocenters. The summed E-state index contributed by atoms with van der Waals surface area (Å²) in [6.45, 7) is 4.17. The van der Waals surface area contributed by atoms with Crippen molar-refractivity contribution in [2.75, 3.05) is 11.9 Å². The molecule has 2 heterocycles. The molecule has 0 bridgehead atoms. The van der Waals surface area contributed by atoms with Crippen LogP contribution in [0.25, 0.3) is 10.2 Å². The lowest BCUT2D eigenvalue weighted by Gasteiger charge is -2.05. The summed E-state index contributed by atoms with van der Waals surface area (Å²) in [5, 5.41) is 3.43. The van der Waals surface area contributed by atoms with E-state index in [1.807, 2.05) is 13.8 Å². The highest BCUT2D eigenvalue weighted by Gasteiger charge is 2.20. The van der Waals surface area contributed by atoms with Crippen LogP contribution in [0.3, 0.4) is 0 Å². The van der Waals surface area contributed by atoms with Crippen molar-refractivity contribution in [1.29, 1.82) is 0 Å². The molecule has 3 aromatic rings. The summed E-state index contributed by atoms with van der Waals surface area (Å²) in [7, 11) is 0. The number of nitrogens with zero attached hydrogens (tertiary/aromatic N) is 2. The van der Waals surface area contributed by atoms with Gasteiger partial charge in [-0.25, -0.2) is 14.4 Å². The van der Waals surface area contributed by atoms with Crippen LogP contribution in [0.5, 0.6) is 5.88 Å². The van der Waals surface area contributed by atoms with E-state index < -0.39 is 5.82 Å². The number of aryl methyl sites for hydroxylation is 1. The summed E-state index contributed by atoms with van der Waals surface area (Å²) >= 11 is 1.26. The van der Waals surface area contributed by atoms with E-state index in [0.717, 1.165) is 10.9 Å². The summed E-state index contributed by atoms with van der Waals surface area (Å²) < 4.78 is 18.7. The Hall–Kier alpha value is -2.54. The van der Waals surface area contributed by atoms with Gasteiger partial charge in [0, 0.05) is 5.69 Å². The first-order chi connectivity index (χ1) is 11.1. The quantitative estimate of drug-likeness (QED) is 0.790. The highest BCUT2D eigenvalue weighted by atomic mass is 32.1. The zero-order chi connectivity index (χ0) is 16.4. The van der Waals surface area contributed by atoms with Gasteiger partial charge in [-0.1, -0.05) is 6.07 Å². The first-order valence-corrected chi connectivity index (χ1v) is 7.85. The van der Waals surface area contributed by atoms with Gasteiger partial charge in [0.05, 0.1) is 16.9 Å². The summed E-state index contributed by atoms with van der Waals surface area (Å²) in [4.78, 5) is 22.0. The predicted molar refractivity (Wildman–Crippen MR) is 87.7 cm³/mol. The summed E-state index contributed by atoms with van der Waals surface area (Å²) in [6, 6.07) is 5.77. The fourth-order valence-electron chi connectivity index (χ4n) is 2.26. The Morgan fingerprint density at radius 1 is 1.39 bits per heavy atom. The fourth-order valence-corrected chi connectivity index (χ4v) is 3.29. The molecule has 2 aromatic heterocycles. The molecule has 3 rings (SSSR count). The maximum atomic E-state index is 13.2. The molecule has 0 aliphatic rings. The van der Waals surface area contributed by atoms with Crippen LogP contribution in [0.2, 0.25) is 0 Å². The Balaban J connectivity index is 1.98. The predicted octanol–water partition coefficient (Wildman–Crippen LogP) is 3.79.